The van der Waals surface area contributed by atoms with Crippen LogP contribution in [0.25, 0.3) is 0 Å². The molecule has 0 unspecified atom stereocenters. The van der Waals surface area contributed by atoms with Crippen molar-refractivity contribution in [3.8, 4) is 0 Å². The Morgan fingerprint density at radius 2 is 1.27 bits per heavy atom. The van der Waals surface area contributed by atoms with Crippen LogP contribution < -0.4 is 16.0 Å². The Bertz CT molecular complexity index is 1010. The first-order valence-electron chi connectivity index (χ1n) is 13.2. The highest BCUT2D eigenvalue weighted by Crippen LogP contribution is 2.07. The van der Waals surface area contributed by atoms with Crippen LogP contribution in [-0.4, -0.2) is 67.4 Å². The maximum absolute atomic E-state index is 12.4. The molecule has 2 atom stereocenters. The number of benzene rings is 2. The Morgan fingerprint density at radius 3 is 1.77 bits per heavy atom. The third-order valence-electron chi connectivity index (χ3n) is 5.33. The zero-order chi connectivity index (χ0) is 29.2. The molecule has 0 radical (unpaired) electrons. The topological polar surface area (TPSA) is 144 Å². The molecule has 0 fully saturated rings. The smallest absolute Gasteiger partial charge is 0.407 e. The summed E-state index contributed by atoms with van der Waals surface area (Å²) in [5.74, 6) is 0. The summed E-state index contributed by atoms with van der Waals surface area (Å²) in [4.78, 5) is 36.4. The van der Waals surface area contributed by atoms with Gasteiger partial charge >= 0.3 is 18.3 Å². The maximum atomic E-state index is 12.4. The van der Waals surface area contributed by atoms with Crippen LogP contribution in [0.1, 0.15) is 44.7 Å². The third-order valence-corrected chi connectivity index (χ3v) is 5.33. The summed E-state index contributed by atoms with van der Waals surface area (Å²) in [5, 5.41) is 17.7. The zero-order valence-electron chi connectivity index (χ0n) is 23.4. The normalized spacial score (nSPS) is 12.5. The summed E-state index contributed by atoms with van der Waals surface area (Å²) in [6, 6.07) is 17.4. The number of rotatable bonds is 15. The summed E-state index contributed by atoms with van der Waals surface area (Å²) in [6.45, 7) is 5.60. The second-order valence-corrected chi connectivity index (χ2v) is 10.1. The molecular weight excluding hydrogens is 518 g/mol. The molecule has 0 bridgehead atoms. The lowest BCUT2D eigenvalue weighted by molar-refractivity contribution is 0.0519. The number of carbonyl (C=O) groups is 3. The molecular formula is C29H41N3O8. The van der Waals surface area contributed by atoms with Crippen LogP contribution in [0.15, 0.2) is 60.7 Å². The molecule has 220 valence electrons. The van der Waals surface area contributed by atoms with E-state index in [0.29, 0.717) is 19.4 Å². The van der Waals surface area contributed by atoms with Gasteiger partial charge in [0.1, 0.15) is 18.8 Å². The molecule has 11 heteroatoms. The van der Waals surface area contributed by atoms with Gasteiger partial charge in [-0.1, -0.05) is 60.7 Å². The van der Waals surface area contributed by atoms with Gasteiger partial charge in [0.05, 0.1) is 31.9 Å². The van der Waals surface area contributed by atoms with Gasteiger partial charge in [0.15, 0.2) is 0 Å². The fourth-order valence-electron chi connectivity index (χ4n) is 3.41. The standard InChI is InChI=1S/C29H41N3O8/c1-29(2,3)40-26(34)30-16-10-15-24(31-27(35)38-18-22-11-6-4-7-12-22)20-37-21-25(17-33)32-28(36)39-19-23-13-8-5-9-14-23/h4-9,11-14,24-25,33H,10,15-21H2,1-3H3,(H,30,34)(H,31,35)(H,32,36)/t24-,25+/m0/s1. The maximum Gasteiger partial charge on any atom is 0.407 e. The van der Waals surface area contributed by atoms with Crippen molar-refractivity contribution in [3.05, 3.63) is 71.8 Å². The molecule has 0 aliphatic heterocycles. The van der Waals surface area contributed by atoms with Gasteiger partial charge in [-0.05, 0) is 44.7 Å². The molecule has 2 aromatic carbocycles. The first-order valence-corrected chi connectivity index (χ1v) is 13.2. The van der Waals surface area contributed by atoms with E-state index in [4.69, 9.17) is 18.9 Å². The summed E-state index contributed by atoms with van der Waals surface area (Å²) in [6.07, 6.45) is -0.823. The van der Waals surface area contributed by atoms with Crippen LogP contribution >= 0.6 is 0 Å². The molecule has 0 saturated carbocycles. The van der Waals surface area contributed by atoms with Crippen molar-refractivity contribution >= 4 is 18.3 Å². The van der Waals surface area contributed by atoms with Gasteiger partial charge in [-0.3, -0.25) is 0 Å². The molecule has 0 aliphatic rings. The molecule has 11 nitrogen and oxygen atoms in total. The average Bonchev–Trinajstić information content (AvgIpc) is 2.92. The van der Waals surface area contributed by atoms with Crippen LogP contribution in [0.5, 0.6) is 0 Å². The van der Waals surface area contributed by atoms with E-state index >= 15 is 0 Å². The van der Waals surface area contributed by atoms with Crippen molar-refractivity contribution in [1.29, 1.82) is 0 Å². The predicted octanol–water partition coefficient (Wildman–Crippen LogP) is 3.89. The largest absolute Gasteiger partial charge is 0.445 e. The molecule has 0 aliphatic carbocycles. The molecule has 0 spiro atoms. The summed E-state index contributed by atoms with van der Waals surface area (Å²) >= 11 is 0. The Hall–Kier alpha value is -3.83. The average molecular weight is 560 g/mol. The fourth-order valence-corrected chi connectivity index (χ4v) is 3.41. The van der Waals surface area contributed by atoms with E-state index in [1.165, 1.54) is 0 Å². The van der Waals surface area contributed by atoms with E-state index in [1.54, 1.807) is 20.8 Å². The van der Waals surface area contributed by atoms with Gasteiger partial charge in [0, 0.05) is 6.54 Å². The van der Waals surface area contributed by atoms with E-state index in [9.17, 15) is 19.5 Å². The number of amides is 3. The van der Waals surface area contributed by atoms with Crippen LogP contribution in [-0.2, 0) is 32.2 Å². The van der Waals surface area contributed by atoms with Crippen molar-refractivity contribution < 1.29 is 38.4 Å². The Balaban J connectivity index is 1.80. The summed E-state index contributed by atoms with van der Waals surface area (Å²) in [5.41, 5.74) is 1.09. The zero-order valence-corrected chi connectivity index (χ0v) is 23.4. The van der Waals surface area contributed by atoms with E-state index in [0.717, 1.165) is 11.1 Å². The quantitative estimate of drug-likeness (QED) is 0.190. The van der Waals surface area contributed by atoms with E-state index in [1.807, 2.05) is 60.7 Å². The van der Waals surface area contributed by atoms with E-state index in [2.05, 4.69) is 16.0 Å². The molecule has 0 heterocycles. The minimum absolute atomic E-state index is 0.00958. The van der Waals surface area contributed by atoms with Crippen LogP contribution in [0.2, 0.25) is 0 Å². The van der Waals surface area contributed by atoms with Gasteiger partial charge in [0.2, 0.25) is 0 Å². The van der Waals surface area contributed by atoms with Gasteiger partial charge < -0.3 is 40.0 Å². The molecule has 2 rings (SSSR count). The van der Waals surface area contributed by atoms with Gasteiger partial charge in [0.25, 0.3) is 0 Å². The van der Waals surface area contributed by atoms with E-state index in [-0.39, 0.29) is 33.0 Å². The Kier molecular flexibility index (Phi) is 14.3. The third kappa shape index (κ3) is 14.9. The molecule has 4 N–H and O–H groups in total. The van der Waals surface area contributed by atoms with Crippen LogP contribution in [0, 0.1) is 0 Å². The Labute approximate surface area is 235 Å². The van der Waals surface area contributed by atoms with E-state index < -0.39 is 36.0 Å². The lowest BCUT2D eigenvalue weighted by atomic mass is 10.1. The van der Waals surface area contributed by atoms with Crippen molar-refractivity contribution in [2.75, 3.05) is 26.4 Å². The fraction of sp³-hybridized carbons (Fsp3) is 0.483. The highest BCUT2D eigenvalue weighted by molar-refractivity contribution is 5.68. The first kappa shape index (κ1) is 32.4. The second kappa shape index (κ2) is 17.7. The van der Waals surface area contributed by atoms with Crippen molar-refractivity contribution in [2.45, 2.75) is 64.5 Å². The van der Waals surface area contributed by atoms with Gasteiger partial charge in [-0.15, -0.1) is 0 Å². The summed E-state index contributed by atoms with van der Waals surface area (Å²) < 4.78 is 21.4. The molecule has 2 aromatic rings. The Morgan fingerprint density at radius 1 is 0.775 bits per heavy atom. The SMILES string of the molecule is CC(C)(C)OC(=O)NCCC[C@@H](COC[C@@H](CO)NC(=O)OCc1ccccc1)NC(=O)OCc1ccccc1. The minimum atomic E-state index is -0.706. The number of nitrogens with one attached hydrogen (secondary N) is 3. The number of alkyl carbamates (subject to hydrolysis) is 3. The van der Waals surface area contributed by atoms with Crippen molar-refractivity contribution in [3.63, 3.8) is 0 Å². The van der Waals surface area contributed by atoms with Crippen molar-refractivity contribution in [1.82, 2.24) is 16.0 Å². The number of ether oxygens (including phenoxy) is 4. The summed E-state index contributed by atoms with van der Waals surface area (Å²) in [7, 11) is 0. The minimum Gasteiger partial charge on any atom is -0.445 e. The number of hydrogen-bond donors (Lipinski definition) is 4. The first-order chi connectivity index (χ1) is 19.1. The van der Waals surface area contributed by atoms with Crippen molar-refractivity contribution in [2.24, 2.45) is 0 Å². The number of carbonyl (C=O) groups excluding carboxylic acids is 3. The molecule has 3 amide bonds. The lowest BCUT2D eigenvalue weighted by Gasteiger charge is -2.22. The second-order valence-electron chi connectivity index (χ2n) is 10.1. The number of aliphatic hydroxyl groups excluding tert-OH is 1. The number of hydrogen-bond acceptors (Lipinski definition) is 8. The molecule has 0 aromatic heterocycles. The highest BCUT2D eigenvalue weighted by Gasteiger charge is 2.18. The van der Waals surface area contributed by atoms with Crippen LogP contribution in [0.4, 0.5) is 14.4 Å². The number of aliphatic hydroxyl groups is 1. The van der Waals surface area contributed by atoms with Gasteiger partial charge in [-0.25, -0.2) is 14.4 Å². The lowest BCUT2D eigenvalue weighted by Crippen LogP contribution is -2.43. The molecule has 40 heavy (non-hydrogen) atoms. The monoisotopic (exact) mass is 559 g/mol. The van der Waals surface area contributed by atoms with Crippen LogP contribution in [0.3, 0.4) is 0 Å². The van der Waals surface area contributed by atoms with Gasteiger partial charge in [-0.2, -0.15) is 0 Å². The molecule has 0 saturated heterocycles. The highest BCUT2D eigenvalue weighted by atomic mass is 16.6. The predicted molar refractivity (Wildman–Crippen MR) is 148 cm³/mol.